The van der Waals surface area contributed by atoms with E-state index in [1.807, 2.05) is 170 Å². The van der Waals surface area contributed by atoms with Crippen molar-refractivity contribution in [1.29, 1.82) is 0 Å². The van der Waals surface area contributed by atoms with Crippen molar-refractivity contribution in [3.05, 3.63) is 230 Å². The molecule has 0 fully saturated rings. The molecule has 0 radical (unpaired) electrons. The van der Waals surface area contributed by atoms with Crippen molar-refractivity contribution in [2.24, 2.45) is 0 Å². The van der Waals surface area contributed by atoms with Gasteiger partial charge in [-0.2, -0.15) is 13.2 Å². The fourth-order valence-corrected chi connectivity index (χ4v) is 9.63. The van der Waals surface area contributed by atoms with Crippen LogP contribution in [0.15, 0.2) is 213 Å². The van der Waals surface area contributed by atoms with Crippen LogP contribution in [0.25, 0.3) is 111 Å². The van der Waals surface area contributed by atoms with Gasteiger partial charge in [0, 0.05) is 67.8 Å². The van der Waals surface area contributed by atoms with Crippen LogP contribution in [0.2, 0.25) is 0 Å². The summed E-state index contributed by atoms with van der Waals surface area (Å²) < 4.78 is 81.9. The lowest BCUT2D eigenvalue weighted by Crippen LogP contribution is -2.11. The molecule has 0 saturated heterocycles. The molecule has 4 heterocycles. The first kappa shape index (κ1) is 40.8. The summed E-state index contributed by atoms with van der Waals surface area (Å²) in [6.07, 6.45) is -1.27. The Bertz CT molecular complexity index is 3650. The average molecular weight is 895 g/mol. The van der Waals surface area contributed by atoms with Crippen molar-refractivity contribution in [3.63, 3.8) is 0 Å². The summed E-state index contributed by atoms with van der Waals surface area (Å²) in [6, 6.07) is 59.5. The predicted octanol–water partition coefficient (Wildman–Crippen LogP) is 16.3. The molecular formula is C59H35F5N4. The smallest absolute Gasteiger partial charge is 0.309 e. The molecule has 0 aliphatic rings. The van der Waals surface area contributed by atoms with Crippen LogP contribution in [-0.4, -0.2) is 19.1 Å². The standard InChI is InChI=1S/C59H35F5N4/c60-44-27-42(28-45(61)33-44)58-56(67-52-17-9-7-15-46(52)48-23-19-38(29-54(48)67)40-21-25-50(65-34-40)36-11-3-1-4-12-36)31-43(59(62,63)64)32-57(58)68-53-18-10-8-16-47(53)49-24-20-39(30-55(49)68)41-22-26-51(66-35-41)37-13-5-2-6-14-37/h1-35H. The number of benzene rings is 8. The minimum atomic E-state index is -4.83. The third-order valence-corrected chi connectivity index (χ3v) is 12.7. The Balaban J connectivity index is 1.15. The van der Waals surface area contributed by atoms with Gasteiger partial charge in [0.25, 0.3) is 0 Å². The topological polar surface area (TPSA) is 35.6 Å². The van der Waals surface area contributed by atoms with Crippen LogP contribution in [0.5, 0.6) is 0 Å². The molecule has 0 atom stereocenters. The van der Waals surface area contributed by atoms with Gasteiger partial charge < -0.3 is 9.13 Å². The molecule has 0 amide bonds. The molecule has 0 unspecified atom stereocenters. The van der Waals surface area contributed by atoms with E-state index in [0.29, 0.717) is 22.1 Å². The Hall–Kier alpha value is -8.69. The highest BCUT2D eigenvalue weighted by molar-refractivity contribution is 6.13. The van der Waals surface area contributed by atoms with Gasteiger partial charge in [-0.25, -0.2) is 8.78 Å². The van der Waals surface area contributed by atoms with E-state index in [4.69, 9.17) is 9.97 Å². The zero-order valence-electron chi connectivity index (χ0n) is 35.9. The lowest BCUT2D eigenvalue weighted by atomic mass is 9.97. The molecule has 9 heteroatoms. The number of nitrogens with zero attached hydrogens (tertiary/aromatic N) is 4. The van der Waals surface area contributed by atoms with Gasteiger partial charge in [-0.1, -0.05) is 133 Å². The summed E-state index contributed by atoms with van der Waals surface area (Å²) in [5.74, 6) is -1.74. The third-order valence-electron chi connectivity index (χ3n) is 12.7. The van der Waals surface area contributed by atoms with Gasteiger partial charge in [-0.3, -0.25) is 9.97 Å². The Labute approximate surface area is 386 Å². The Kier molecular flexibility index (Phi) is 9.62. The highest BCUT2D eigenvalue weighted by atomic mass is 19.4. The molecule has 68 heavy (non-hydrogen) atoms. The average Bonchev–Trinajstić information content (AvgIpc) is 3.88. The van der Waals surface area contributed by atoms with Crippen LogP contribution in [0.3, 0.4) is 0 Å². The SMILES string of the molecule is Fc1cc(F)cc(-c2c(-n3c4ccccc4c4ccc(-c5ccc(-c6ccccc6)nc5)cc43)cc(C(F)(F)F)cc2-n2c3ccccc3c3ccc(-c4ccc(-c5ccccc5)nc4)cc32)c1. The van der Waals surface area contributed by atoms with Crippen LogP contribution in [0.1, 0.15) is 5.56 Å². The number of aromatic nitrogens is 4. The quantitative estimate of drug-likeness (QED) is 0.149. The highest BCUT2D eigenvalue weighted by Crippen LogP contribution is 2.46. The number of halogens is 5. The van der Waals surface area contributed by atoms with Gasteiger partial charge in [0.05, 0.1) is 50.4 Å². The molecular weight excluding hydrogens is 860 g/mol. The van der Waals surface area contributed by atoms with Crippen molar-refractivity contribution in [2.45, 2.75) is 6.18 Å². The summed E-state index contributed by atoms with van der Waals surface area (Å²) in [4.78, 5) is 9.52. The van der Waals surface area contributed by atoms with E-state index in [1.165, 1.54) is 12.1 Å². The molecule has 0 spiro atoms. The number of pyridine rings is 2. The van der Waals surface area contributed by atoms with Gasteiger partial charge in [0.1, 0.15) is 11.6 Å². The van der Waals surface area contributed by atoms with E-state index >= 15 is 22.0 Å². The minimum absolute atomic E-state index is 0.0618. The van der Waals surface area contributed by atoms with Crippen molar-refractivity contribution in [1.82, 2.24) is 19.1 Å². The molecule has 12 rings (SSSR count). The molecule has 4 nitrogen and oxygen atoms in total. The number of hydrogen-bond acceptors (Lipinski definition) is 2. The van der Waals surface area contributed by atoms with E-state index in [-0.39, 0.29) is 22.5 Å². The third kappa shape index (κ3) is 6.98. The first-order valence-electron chi connectivity index (χ1n) is 22.0. The second-order valence-electron chi connectivity index (χ2n) is 16.8. The number of hydrogen-bond donors (Lipinski definition) is 0. The first-order chi connectivity index (χ1) is 33.2. The van der Waals surface area contributed by atoms with Crippen LogP contribution in [0, 0.1) is 11.6 Å². The molecule has 4 aromatic heterocycles. The first-order valence-corrected chi connectivity index (χ1v) is 22.0. The molecule has 8 aromatic carbocycles. The normalized spacial score (nSPS) is 11.9. The Morgan fingerprint density at radius 1 is 0.338 bits per heavy atom. The summed E-state index contributed by atoms with van der Waals surface area (Å²) >= 11 is 0. The number of rotatable bonds is 7. The van der Waals surface area contributed by atoms with Crippen molar-refractivity contribution in [2.75, 3.05) is 0 Å². The fraction of sp³-hybridized carbons (Fsp3) is 0.0169. The maximum absolute atomic E-state index is 15.7. The van der Waals surface area contributed by atoms with Crippen LogP contribution < -0.4 is 0 Å². The zero-order chi connectivity index (χ0) is 46.1. The zero-order valence-corrected chi connectivity index (χ0v) is 35.9. The molecule has 0 saturated carbocycles. The lowest BCUT2D eigenvalue weighted by Gasteiger charge is -2.23. The summed E-state index contributed by atoms with van der Waals surface area (Å²) in [5.41, 5.74) is 8.56. The maximum atomic E-state index is 15.7. The molecule has 0 aliphatic heterocycles. The van der Waals surface area contributed by atoms with Crippen LogP contribution in [0.4, 0.5) is 22.0 Å². The second kappa shape index (κ2) is 16.0. The van der Waals surface area contributed by atoms with Gasteiger partial charge in [-0.15, -0.1) is 0 Å². The molecule has 12 aromatic rings. The van der Waals surface area contributed by atoms with E-state index in [2.05, 4.69) is 0 Å². The Morgan fingerprint density at radius 3 is 1.18 bits per heavy atom. The van der Waals surface area contributed by atoms with Crippen molar-refractivity contribution in [3.8, 4) is 67.3 Å². The number of fused-ring (bicyclic) bond motifs is 6. The number of alkyl halides is 3. The Morgan fingerprint density at radius 2 is 0.750 bits per heavy atom. The second-order valence-corrected chi connectivity index (χ2v) is 16.8. The van der Waals surface area contributed by atoms with Gasteiger partial charge in [-0.05, 0) is 77.4 Å². The largest absolute Gasteiger partial charge is 0.416 e. The van der Waals surface area contributed by atoms with E-state index in [9.17, 15) is 0 Å². The monoisotopic (exact) mass is 894 g/mol. The lowest BCUT2D eigenvalue weighted by molar-refractivity contribution is -0.137. The van der Waals surface area contributed by atoms with E-state index < -0.39 is 23.4 Å². The fourth-order valence-electron chi connectivity index (χ4n) is 9.63. The number of para-hydroxylation sites is 2. The van der Waals surface area contributed by atoms with Crippen LogP contribution >= 0.6 is 0 Å². The molecule has 0 N–H and O–H groups in total. The van der Waals surface area contributed by atoms with E-state index in [0.717, 1.165) is 84.5 Å². The summed E-state index contributed by atoms with van der Waals surface area (Å²) in [6.45, 7) is 0. The predicted molar refractivity (Wildman–Crippen MR) is 263 cm³/mol. The molecule has 0 aliphatic carbocycles. The highest BCUT2D eigenvalue weighted by Gasteiger charge is 2.34. The van der Waals surface area contributed by atoms with Crippen molar-refractivity contribution < 1.29 is 22.0 Å². The van der Waals surface area contributed by atoms with E-state index in [1.54, 1.807) is 21.5 Å². The van der Waals surface area contributed by atoms with Crippen LogP contribution in [-0.2, 0) is 6.18 Å². The van der Waals surface area contributed by atoms with Crippen molar-refractivity contribution >= 4 is 43.6 Å². The maximum Gasteiger partial charge on any atom is 0.416 e. The summed E-state index contributed by atoms with van der Waals surface area (Å²) in [5, 5.41) is 3.13. The minimum Gasteiger partial charge on any atom is -0.309 e. The molecule has 0 bridgehead atoms. The summed E-state index contributed by atoms with van der Waals surface area (Å²) in [7, 11) is 0. The molecule has 326 valence electrons. The van der Waals surface area contributed by atoms with Gasteiger partial charge >= 0.3 is 6.18 Å². The van der Waals surface area contributed by atoms with Gasteiger partial charge in [0.15, 0.2) is 0 Å². The van der Waals surface area contributed by atoms with Gasteiger partial charge in [0.2, 0.25) is 0 Å².